The number of thiazole rings is 1. The maximum absolute atomic E-state index is 12.8. The summed E-state index contributed by atoms with van der Waals surface area (Å²) in [6.45, 7) is 0.166. The van der Waals surface area contributed by atoms with Gasteiger partial charge < -0.3 is 5.32 Å². The molecular formula is C12H11F3N2S. The molecule has 0 saturated heterocycles. The van der Waals surface area contributed by atoms with Crippen LogP contribution >= 0.6 is 11.3 Å². The third-order valence-electron chi connectivity index (χ3n) is 2.32. The van der Waals surface area contributed by atoms with E-state index in [9.17, 15) is 13.2 Å². The van der Waals surface area contributed by atoms with Crippen molar-refractivity contribution >= 4 is 11.3 Å². The van der Waals surface area contributed by atoms with Crippen LogP contribution in [-0.2, 0) is 12.7 Å². The molecule has 1 heterocycles. The van der Waals surface area contributed by atoms with Gasteiger partial charge in [0.05, 0.1) is 4.88 Å². The van der Waals surface area contributed by atoms with Crippen molar-refractivity contribution in [1.29, 1.82) is 0 Å². The van der Waals surface area contributed by atoms with Crippen LogP contribution < -0.4 is 5.32 Å². The molecule has 0 aliphatic rings. The zero-order chi connectivity index (χ0) is 13.2. The fraction of sp³-hybridized carbons (Fsp3) is 0.250. The Morgan fingerprint density at radius 3 is 2.44 bits per heavy atom. The molecule has 1 aromatic heterocycles. The molecule has 0 bridgehead atoms. The second-order valence-corrected chi connectivity index (χ2v) is 4.77. The fourth-order valence-corrected chi connectivity index (χ4v) is 2.66. The lowest BCUT2D eigenvalue weighted by Gasteiger charge is -2.04. The summed E-state index contributed by atoms with van der Waals surface area (Å²) in [5.41, 5.74) is -0.0870. The quantitative estimate of drug-likeness (QED) is 0.924. The second-order valence-electron chi connectivity index (χ2n) is 3.68. The maximum Gasteiger partial charge on any atom is 0.434 e. The number of nitrogens with zero attached hydrogens (tertiary/aromatic N) is 1. The van der Waals surface area contributed by atoms with Crippen LogP contribution in [0.1, 0.15) is 10.6 Å². The van der Waals surface area contributed by atoms with Gasteiger partial charge in [0, 0.05) is 12.1 Å². The molecule has 1 N–H and O–H groups in total. The van der Waals surface area contributed by atoms with Crippen LogP contribution in [0.5, 0.6) is 0 Å². The lowest BCUT2D eigenvalue weighted by atomic mass is 10.2. The fourth-order valence-electron chi connectivity index (χ4n) is 1.56. The van der Waals surface area contributed by atoms with Crippen molar-refractivity contribution in [2.24, 2.45) is 0 Å². The van der Waals surface area contributed by atoms with Crippen LogP contribution in [0, 0.1) is 0 Å². The highest BCUT2D eigenvalue weighted by Crippen LogP contribution is 2.37. The van der Waals surface area contributed by atoms with Gasteiger partial charge in [0.15, 0.2) is 5.69 Å². The Bertz CT molecular complexity index is 520. The van der Waals surface area contributed by atoms with Gasteiger partial charge in [-0.3, -0.25) is 0 Å². The smallest absolute Gasteiger partial charge is 0.315 e. The van der Waals surface area contributed by atoms with Crippen LogP contribution in [0.3, 0.4) is 0 Å². The summed E-state index contributed by atoms with van der Waals surface area (Å²) in [5, 5.41) is 3.13. The van der Waals surface area contributed by atoms with Crippen molar-refractivity contribution < 1.29 is 13.2 Å². The Labute approximate surface area is 106 Å². The Morgan fingerprint density at radius 2 is 1.89 bits per heavy atom. The molecular weight excluding hydrogens is 261 g/mol. The summed E-state index contributed by atoms with van der Waals surface area (Å²) in [4.78, 5) is 3.94. The molecule has 96 valence electrons. The topological polar surface area (TPSA) is 24.9 Å². The van der Waals surface area contributed by atoms with Gasteiger partial charge in [0.25, 0.3) is 0 Å². The van der Waals surface area contributed by atoms with Gasteiger partial charge in [-0.05, 0) is 7.05 Å². The molecule has 0 saturated carbocycles. The highest BCUT2D eigenvalue weighted by atomic mass is 32.1. The summed E-state index contributed by atoms with van der Waals surface area (Å²) < 4.78 is 38.5. The summed E-state index contributed by atoms with van der Waals surface area (Å²) >= 11 is 1.07. The first-order valence-electron chi connectivity index (χ1n) is 5.29. The van der Waals surface area contributed by atoms with Gasteiger partial charge in [0.1, 0.15) is 5.01 Å². The molecule has 2 nitrogen and oxygen atoms in total. The Balaban J connectivity index is 2.46. The molecule has 0 aliphatic carbocycles. The molecule has 0 atom stereocenters. The number of hydrogen-bond donors (Lipinski definition) is 1. The molecule has 1 aromatic carbocycles. The van der Waals surface area contributed by atoms with Gasteiger partial charge >= 0.3 is 6.18 Å². The van der Waals surface area contributed by atoms with Crippen molar-refractivity contribution in [2.45, 2.75) is 12.7 Å². The third-order valence-corrected chi connectivity index (χ3v) is 3.43. The van der Waals surface area contributed by atoms with Crippen molar-refractivity contribution in [3.63, 3.8) is 0 Å². The molecule has 0 spiro atoms. The predicted molar refractivity (Wildman–Crippen MR) is 65.3 cm³/mol. The van der Waals surface area contributed by atoms with Crippen molar-refractivity contribution in [1.82, 2.24) is 10.3 Å². The Hall–Kier alpha value is -1.40. The molecule has 0 amide bonds. The van der Waals surface area contributed by atoms with E-state index in [2.05, 4.69) is 10.3 Å². The van der Waals surface area contributed by atoms with E-state index in [1.165, 1.54) is 0 Å². The van der Waals surface area contributed by atoms with E-state index in [0.717, 1.165) is 11.3 Å². The average Bonchev–Trinajstić information content (AvgIpc) is 2.75. The number of rotatable bonds is 3. The molecule has 0 fully saturated rings. The van der Waals surface area contributed by atoms with Crippen molar-refractivity contribution in [3.8, 4) is 10.6 Å². The van der Waals surface area contributed by atoms with E-state index in [-0.39, 0.29) is 11.4 Å². The van der Waals surface area contributed by atoms with Gasteiger partial charge in [-0.2, -0.15) is 13.2 Å². The highest BCUT2D eigenvalue weighted by molar-refractivity contribution is 7.15. The van der Waals surface area contributed by atoms with Gasteiger partial charge in [-0.15, -0.1) is 11.3 Å². The number of nitrogens with one attached hydrogen (secondary N) is 1. The zero-order valence-electron chi connectivity index (χ0n) is 9.58. The maximum atomic E-state index is 12.8. The molecule has 2 aromatic rings. The first-order chi connectivity index (χ1) is 8.52. The minimum atomic E-state index is -4.41. The third kappa shape index (κ3) is 2.70. The van der Waals surface area contributed by atoms with Crippen LogP contribution in [0.4, 0.5) is 13.2 Å². The van der Waals surface area contributed by atoms with Crippen LogP contribution in [-0.4, -0.2) is 12.0 Å². The minimum Gasteiger partial charge on any atom is -0.315 e. The van der Waals surface area contributed by atoms with E-state index in [1.807, 2.05) is 6.07 Å². The molecule has 2 rings (SSSR count). The van der Waals surface area contributed by atoms with Gasteiger partial charge in [0.2, 0.25) is 0 Å². The standard InChI is InChI=1S/C12H11F3N2S/c1-16-7-9-10(12(13,14)15)17-11(18-9)8-5-3-2-4-6-8/h2-6,16H,7H2,1H3. The zero-order valence-corrected chi connectivity index (χ0v) is 10.4. The molecule has 0 radical (unpaired) electrons. The van der Waals surface area contributed by atoms with Gasteiger partial charge in [-0.25, -0.2) is 4.98 Å². The predicted octanol–water partition coefficient (Wildman–Crippen LogP) is 3.55. The Kier molecular flexibility index (Phi) is 3.68. The van der Waals surface area contributed by atoms with E-state index < -0.39 is 11.9 Å². The van der Waals surface area contributed by atoms with Crippen LogP contribution in [0.15, 0.2) is 30.3 Å². The van der Waals surface area contributed by atoms with E-state index in [1.54, 1.807) is 31.3 Å². The van der Waals surface area contributed by atoms with Crippen molar-refractivity contribution in [2.75, 3.05) is 7.05 Å². The number of halogens is 3. The summed E-state index contributed by atoms with van der Waals surface area (Å²) in [7, 11) is 1.61. The Morgan fingerprint density at radius 1 is 1.22 bits per heavy atom. The van der Waals surface area contributed by atoms with Crippen LogP contribution in [0.2, 0.25) is 0 Å². The second kappa shape index (κ2) is 5.07. The van der Waals surface area contributed by atoms with Crippen LogP contribution in [0.25, 0.3) is 10.6 Å². The normalized spacial score (nSPS) is 11.8. The number of benzene rings is 1. The van der Waals surface area contributed by atoms with Crippen molar-refractivity contribution in [3.05, 3.63) is 40.9 Å². The average molecular weight is 272 g/mol. The molecule has 0 unspecified atom stereocenters. The monoisotopic (exact) mass is 272 g/mol. The largest absolute Gasteiger partial charge is 0.434 e. The summed E-state index contributed by atoms with van der Waals surface area (Å²) in [6.07, 6.45) is -4.41. The van der Waals surface area contributed by atoms with E-state index in [4.69, 9.17) is 0 Å². The first-order valence-corrected chi connectivity index (χ1v) is 6.11. The lowest BCUT2D eigenvalue weighted by Crippen LogP contribution is -2.12. The SMILES string of the molecule is CNCc1sc(-c2ccccc2)nc1C(F)(F)F. The lowest BCUT2D eigenvalue weighted by molar-refractivity contribution is -0.141. The number of hydrogen-bond acceptors (Lipinski definition) is 3. The molecule has 0 aliphatic heterocycles. The van der Waals surface area contributed by atoms with E-state index in [0.29, 0.717) is 10.6 Å². The molecule has 18 heavy (non-hydrogen) atoms. The molecule has 6 heteroatoms. The number of aromatic nitrogens is 1. The summed E-state index contributed by atoms with van der Waals surface area (Å²) in [5.74, 6) is 0. The van der Waals surface area contributed by atoms with E-state index >= 15 is 0 Å². The number of alkyl halides is 3. The summed E-state index contributed by atoms with van der Waals surface area (Å²) in [6, 6.07) is 8.88. The first kappa shape index (κ1) is 13.0. The van der Waals surface area contributed by atoms with Gasteiger partial charge in [-0.1, -0.05) is 30.3 Å². The highest BCUT2D eigenvalue weighted by Gasteiger charge is 2.37. The minimum absolute atomic E-state index is 0.166.